The molecule has 2 aliphatic rings. The highest BCUT2D eigenvalue weighted by Gasteiger charge is 2.29. The van der Waals surface area contributed by atoms with Gasteiger partial charge in [-0.1, -0.05) is 12.1 Å². The molecule has 0 amide bonds. The van der Waals surface area contributed by atoms with E-state index in [4.69, 9.17) is 25.9 Å². The number of pyridine rings is 1. The molecule has 1 fully saturated rings. The number of anilines is 2. The number of ether oxygens (including phenoxy) is 2. The van der Waals surface area contributed by atoms with E-state index in [0.29, 0.717) is 23.7 Å². The van der Waals surface area contributed by atoms with Crippen molar-refractivity contribution in [2.75, 3.05) is 30.5 Å². The summed E-state index contributed by atoms with van der Waals surface area (Å²) in [5, 5.41) is 9.97. The van der Waals surface area contributed by atoms with E-state index < -0.39 is 0 Å². The number of rotatable bonds is 3. The number of fused-ring (bicyclic) bond motifs is 1. The molecule has 0 radical (unpaired) electrons. The van der Waals surface area contributed by atoms with Gasteiger partial charge >= 0.3 is 0 Å². The van der Waals surface area contributed by atoms with Gasteiger partial charge in [0.1, 0.15) is 5.75 Å². The monoisotopic (exact) mass is 370 g/mol. The normalized spacial score (nSPS) is 18.7. The summed E-state index contributed by atoms with van der Waals surface area (Å²) in [4.78, 5) is 6.91. The smallest absolute Gasteiger partial charge is 0.189 e. The number of nitrogens with zero attached hydrogens (tertiary/aromatic N) is 2. The molecule has 2 aromatic rings. The SMILES string of the molecule is CC1(N)CCN(c2c(N)cc(-c3cccc4c3COCO4)nc2CO)CC1. The molecule has 1 saturated heterocycles. The highest BCUT2D eigenvalue weighted by molar-refractivity contribution is 5.78. The van der Waals surface area contributed by atoms with E-state index in [1.54, 1.807) is 0 Å². The van der Waals surface area contributed by atoms with Gasteiger partial charge in [-0.2, -0.15) is 0 Å². The second-order valence-electron chi connectivity index (χ2n) is 7.58. The summed E-state index contributed by atoms with van der Waals surface area (Å²) in [7, 11) is 0. The molecule has 1 aromatic carbocycles. The third-order valence-corrected chi connectivity index (χ3v) is 5.42. The van der Waals surface area contributed by atoms with Gasteiger partial charge in [0.2, 0.25) is 0 Å². The van der Waals surface area contributed by atoms with E-state index in [2.05, 4.69) is 11.8 Å². The average molecular weight is 370 g/mol. The molecule has 7 nitrogen and oxygen atoms in total. The first-order chi connectivity index (χ1) is 13.0. The predicted molar refractivity (Wildman–Crippen MR) is 104 cm³/mol. The molecule has 3 heterocycles. The standard InChI is InChI=1S/C20H26N4O3/c1-20(22)5-7-24(8-6-20)19-15(21)9-16(23-17(19)10-25)13-3-2-4-18-14(13)11-26-12-27-18/h2-4,9,25H,5-8,10-12,22H2,1H3,(H2,21,23). The summed E-state index contributed by atoms with van der Waals surface area (Å²) in [6.45, 7) is 4.21. The molecule has 0 saturated carbocycles. The fourth-order valence-electron chi connectivity index (χ4n) is 3.81. The maximum atomic E-state index is 9.97. The van der Waals surface area contributed by atoms with Crippen LogP contribution in [0.3, 0.4) is 0 Å². The zero-order valence-electron chi connectivity index (χ0n) is 15.6. The van der Waals surface area contributed by atoms with Crippen molar-refractivity contribution >= 4 is 11.4 Å². The average Bonchev–Trinajstić information content (AvgIpc) is 2.67. The van der Waals surface area contributed by atoms with Crippen molar-refractivity contribution in [3.8, 4) is 17.0 Å². The fourth-order valence-corrected chi connectivity index (χ4v) is 3.81. The Morgan fingerprint density at radius 3 is 2.81 bits per heavy atom. The van der Waals surface area contributed by atoms with E-state index in [-0.39, 0.29) is 18.9 Å². The first-order valence-electron chi connectivity index (χ1n) is 9.25. The lowest BCUT2D eigenvalue weighted by Gasteiger charge is -2.39. The molecule has 144 valence electrons. The summed E-state index contributed by atoms with van der Waals surface area (Å²) >= 11 is 0. The summed E-state index contributed by atoms with van der Waals surface area (Å²) < 4.78 is 11.0. The number of hydrogen-bond donors (Lipinski definition) is 3. The van der Waals surface area contributed by atoms with Crippen LogP contribution in [-0.4, -0.2) is 35.5 Å². The topological polar surface area (TPSA) is 107 Å². The van der Waals surface area contributed by atoms with Gasteiger partial charge in [-0.25, -0.2) is 4.98 Å². The molecule has 1 aromatic heterocycles. The zero-order chi connectivity index (χ0) is 19.0. The van der Waals surface area contributed by atoms with Crippen LogP contribution < -0.4 is 21.1 Å². The Hall–Kier alpha value is -2.35. The van der Waals surface area contributed by atoms with Gasteiger partial charge in [0.25, 0.3) is 0 Å². The molecule has 0 aliphatic carbocycles. The Labute approximate surface area is 158 Å². The van der Waals surface area contributed by atoms with Crippen molar-refractivity contribution in [2.45, 2.75) is 38.5 Å². The number of nitrogens with two attached hydrogens (primary N) is 2. The maximum Gasteiger partial charge on any atom is 0.189 e. The van der Waals surface area contributed by atoms with Crippen LogP contribution in [0.15, 0.2) is 24.3 Å². The van der Waals surface area contributed by atoms with Gasteiger partial charge in [-0.3, -0.25) is 0 Å². The minimum absolute atomic E-state index is 0.152. The summed E-state index contributed by atoms with van der Waals surface area (Å²) in [5.41, 5.74) is 17.1. The molecule has 2 aliphatic heterocycles. The number of aliphatic hydroxyl groups excluding tert-OH is 1. The molecule has 27 heavy (non-hydrogen) atoms. The van der Waals surface area contributed by atoms with Crippen LogP contribution >= 0.6 is 0 Å². The number of nitrogen functional groups attached to an aromatic ring is 1. The van der Waals surface area contributed by atoms with Crippen LogP contribution in [0.4, 0.5) is 11.4 Å². The molecule has 0 bridgehead atoms. The van der Waals surface area contributed by atoms with Crippen LogP contribution in [0.5, 0.6) is 5.75 Å². The van der Waals surface area contributed by atoms with Gasteiger partial charge in [-0.15, -0.1) is 0 Å². The van der Waals surface area contributed by atoms with Gasteiger partial charge in [-0.05, 0) is 31.9 Å². The second-order valence-corrected chi connectivity index (χ2v) is 7.58. The van der Waals surface area contributed by atoms with E-state index >= 15 is 0 Å². The summed E-state index contributed by atoms with van der Waals surface area (Å²) in [6, 6.07) is 7.69. The van der Waals surface area contributed by atoms with Gasteiger partial charge in [0.15, 0.2) is 6.79 Å². The van der Waals surface area contributed by atoms with Crippen molar-refractivity contribution in [1.29, 1.82) is 0 Å². The van der Waals surface area contributed by atoms with Crippen LogP contribution in [-0.2, 0) is 18.0 Å². The van der Waals surface area contributed by atoms with Crippen molar-refractivity contribution in [3.63, 3.8) is 0 Å². The lowest BCUT2D eigenvalue weighted by atomic mass is 9.90. The van der Waals surface area contributed by atoms with Crippen molar-refractivity contribution in [2.24, 2.45) is 5.73 Å². The zero-order valence-corrected chi connectivity index (χ0v) is 15.6. The number of hydrogen-bond acceptors (Lipinski definition) is 7. The minimum Gasteiger partial charge on any atom is -0.467 e. The third kappa shape index (κ3) is 3.45. The number of aromatic nitrogens is 1. The first-order valence-corrected chi connectivity index (χ1v) is 9.25. The predicted octanol–water partition coefficient (Wildman–Crippen LogP) is 2.01. The number of piperidine rings is 1. The van der Waals surface area contributed by atoms with E-state index in [9.17, 15) is 5.11 Å². The Morgan fingerprint density at radius 1 is 1.30 bits per heavy atom. The lowest BCUT2D eigenvalue weighted by molar-refractivity contribution is -0.0160. The van der Waals surface area contributed by atoms with Crippen LogP contribution in [0.25, 0.3) is 11.3 Å². The first kappa shape index (κ1) is 18.0. The Morgan fingerprint density at radius 2 is 2.07 bits per heavy atom. The van der Waals surface area contributed by atoms with Crippen LogP contribution in [0.1, 0.15) is 31.0 Å². The van der Waals surface area contributed by atoms with Crippen LogP contribution in [0, 0.1) is 0 Å². The maximum absolute atomic E-state index is 9.97. The van der Waals surface area contributed by atoms with E-state index in [1.807, 2.05) is 24.3 Å². The third-order valence-electron chi connectivity index (χ3n) is 5.42. The van der Waals surface area contributed by atoms with E-state index in [1.165, 1.54) is 0 Å². The Kier molecular flexibility index (Phi) is 4.67. The number of benzene rings is 1. The molecular formula is C20H26N4O3. The van der Waals surface area contributed by atoms with Gasteiger partial charge < -0.3 is 30.9 Å². The largest absolute Gasteiger partial charge is 0.467 e. The van der Waals surface area contributed by atoms with Crippen LogP contribution in [0.2, 0.25) is 0 Å². The van der Waals surface area contributed by atoms with Gasteiger partial charge in [0.05, 0.1) is 36.0 Å². The summed E-state index contributed by atoms with van der Waals surface area (Å²) in [5.74, 6) is 0.798. The summed E-state index contributed by atoms with van der Waals surface area (Å²) in [6.07, 6.45) is 1.75. The highest BCUT2D eigenvalue weighted by Crippen LogP contribution is 2.37. The van der Waals surface area contributed by atoms with Gasteiger partial charge in [0, 0.05) is 29.8 Å². The lowest BCUT2D eigenvalue weighted by Crippen LogP contribution is -2.48. The van der Waals surface area contributed by atoms with E-state index in [0.717, 1.165) is 48.5 Å². The molecule has 0 atom stereocenters. The molecule has 0 unspecified atom stereocenters. The van der Waals surface area contributed by atoms with Crippen molar-refractivity contribution < 1.29 is 14.6 Å². The fraction of sp³-hybridized carbons (Fsp3) is 0.450. The molecule has 5 N–H and O–H groups in total. The van der Waals surface area contributed by atoms with Crippen molar-refractivity contribution in [1.82, 2.24) is 4.98 Å². The second kappa shape index (κ2) is 6.99. The molecule has 0 spiro atoms. The number of aliphatic hydroxyl groups is 1. The minimum atomic E-state index is -0.175. The molecular weight excluding hydrogens is 344 g/mol. The quantitative estimate of drug-likeness (QED) is 0.758. The van der Waals surface area contributed by atoms with Crippen molar-refractivity contribution in [3.05, 3.63) is 35.5 Å². The highest BCUT2D eigenvalue weighted by atomic mass is 16.7. The Balaban J connectivity index is 1.73. The Bertz CT molecular complexity index is 843. The molecule has 4 rings (SSSR count). The molecule has 7 heteroatoms.